The van der Waals surface area contributed by atoms with Crippen molar-refractivity contribution in [3.63, 3.8) is 0 Å². The quantitative estimate of drug-likeness (QED) is 0.273. The number of aliphatic carboxylic acids is 1. The van der Waals surface area contributed by atoms with E-state index in [9.17, 15) is 24.2 Å². The minimum atomic E-state index is -4.58. The lowest BCUT2D eigenvalue weighted by Crippen LogP contribution is -2.31. The number of carboxylic acid groups (broad SMARTS) is 1. The van der Waals surface area contributed by atoms with Gasteiger partial charge in [-0.1, -0.05) is 60.7 Å². The number of carbonyl (C=O) groups is 2. The third kappa shape index (κ3) is 8.26. The molecule has 0 saturated heterocycles. The zero-order valence-corrected chi connectivity index (χ0v) is 18.1. The number of amides is 1. The summed E-state index contributed by atoms with van der Waals surface area (Å²) in [5.74, 6) is -3.16. The number of nitrogens with two attached hydrogens (primary N) is 1. The Hall–Kier alpha value is -2.51. The summed E-state index contributed by atoms with van der Waals surface area (Å²) in [7, 11) is -4.58. The Balaban J connectivity index is 2.14. The number of aryl methyl sites for hydroxylation is 1. The number of nitrogens with one attached hydrogen (secondary N) is 1. The van der Waals surface area contributed by atoms with Gasteiger partial charge >= 0.3 is 13.6 Å². The average molecular weight is 448 g/mol. The molecular formula is C22H29N2O6P. The average Bonchev–Trinajstić information content (AvgIpc) is 2.76. The lowest BCUT2D eigenvalue weighted by Gasteiger charge is -2.26. The van der Waals surface area contributed by atoms with Crippen LogP contribution in [-0.2, 0) is 25.1 Å². The van der Waals surface area contributed by atoms with Crippen LogP contribution < -0.4 is 11.1 Å². The van der Waals surface area contributed by atoms with Crippen LogP contribution in [0.15, 0.2) is 60.7 Å². The molecule has 2 aromatic carbocycles. The molecule has 5 N–H and O–H groups in total. The van der Waals surface area contributed by atoms with Gasteiger partial charge in [-0.2, -0.15) is 0 Å². The maximum absolute atomic E-state index is 13.1. The molecule has 0 saturated carbocycles. The first kappa shape index (κ1) is 24.8. The Kier molecular flexibility index (Phi) is 9.88. The fourth-order valence-corrected chi connectivity index (χ4v) is 4.59. The van der Waals surface area contributed by atoms with E-state index in [2.05, 4.69) is 5.32 Å². The van der Waals surface area contributed by atoms with Gasteiger partial charge in [-0.05, 0) is 43.4 Å². The highest BCUT2D eigenvalue weighted by Crippen LogP contribution is 2.56. The van der Waals surface area contributed by atoms with E-state index in [1.165, 1.54) is 0 Å². The molecule has 2 aromatic rings. The molecule has 0 aliphatic heterocycles. The second-order valence-electron chi connectivity index (χ2n) is 7.15. The largest absolute Gasteiger partial charge is 0.479 e. The monoisotopic (exact) mass is 448 g/mol. The summed E-state index contributed by atoms with van der Waals surface area (Å²) in [6.45, 7) is 0.382. The van der Waals surface area contributed by atoms with Gasteiger partial charge in [0.2, 0.25) is 5.91 Å². The van der Waals surface area contributed by atoms with Crippen LogP contribution in [0.25, 0.3) is 0 Å². The van der Waals surface area contributed by atoms with E-state index < -0.39 is 31.4 Å². The van der Waals surface area contributed by atoms with Crippen molar-refractivity contribution in [1.29, 1.82) is 0 Å². The molecule has 0 aromatic heterocycles. The van der Waals surface area contributed by atoms with Crippen molar-refractivity contribution >= 4 is 19.5 Å². The third-order valence-electron chi connectivity index (χ3n) is 4.70. The van der Waals surface area contributed by atoms with Crippen molar-refractivity contribution in [1.82, 2.24) is 5.32 Å². The number of benzene rings is 2. The highest BCUT2D eigenvalue weighted by Gasteiger charge is 2.39. The molecule has 2 unspecified atom stereocenters. The normalized spacial score (nSPS) is 14.9. The molecule has 168 valence electrons. The summed E-state index contributed by atoms with van der Waals surface area (Å²) >= 11 is 0. The van der Waals surface area contributed by atoms with E-state index in [1.54, 1.807) is 30.3 Å². The van der Waals surface area contributed by atoms with E-state index in [0.717, 1.165) is 5.56 Å². The zero-order valence-electron chi connectivity index (χ0n) is 17.2. The second-order valence-corrected chi connectivity index (χ2v) is 9.00. The Morgan fingerprint density at radius 3 is 2.23 bits per heavy atom. The van der Waals surface area contributed by atoms with Crippen molar-refractivity contribution in [3.8, 4) is 0 Å². The van der Waals surface area contributed by atoms with E-state index in [0.29, 0.717) is 31.4 Å². The highest BCUT2D eigenvalue weighted by atomic mass is 31.2. The van der Waals surface area contributed by atoms with Gasteiger partial charge in [-0.15, -0.1) is 0 Å². The topological polar surface area (TPSA) is 139 Å². The number of hydrogen-bond acceptors (Lipinski definition) is 5. The van der Waals surface area contributed by atoms with Crippen LogP contribution in [0.4, 0.5) is 0 Å². The minimum Gasteiger partial charge on any atom is -0.479 e. The van der Waals surface area contributed by atoms with Crippen LogP contribution in [0.5, 0.6) is 0 Å². The van der Waals surface area contributed by atoms with Gasteiger partial charge < -0.3 is 21.1 Å². The van der Waals surface area contributed by atoms with Crippen molar-refractivity contribution in [2.24, 2.45) is 5.73 Å². The van der Waals surface area contributed by atoms with Crippen LogP contribution in [0.1, 0.15) is 42.6 Å². The number of rotatable bonds is 13. The van der Waals surface area contributed by atoms with Gasteiger partial charge in [0.1, 0.15) is 0 Å². The van der Waals surface area contributed by atoms with Crippen LogP contribution in [0.3, 0.4) is 0 Å². The SMILES string of the molecule is NCCCC[C@@H](OP(=O)(O)C(NC(=O)CCc1ccccc1)c1ccccc1)C(=O)O. The number of hydrogen-bond donors (Lipinski definition) is 4. The molecule has 0 fully saturated rings. The number of unbranched alkanes of at least 4 members (excludes halogenated alkanes) is 1. The first-order valence-electron chi connectivity index (χ1n) is 10.2. The van der Waals surface area contributed by atoms with Crippen LogP contribution in [0, 0.1) is 0 Å². The molecule has 2 rings (SSSR count). The smallest absolute Gasteiger partial charge is 0.355 e. The molecule has 3 atom stereocenters. The summed E-state index contributed by atoms with van der Waals surface area (Å²) in [4.78, 5) is 34.8. The Morgan fingerprint density at radius 2 is 1.65 bits per heavy atom. The zero-order chi connectivity index (χ0) is 22.7. The van der Waals surface area contributed by atoms with Gasteiger partial charge in [-0.25, -0.2) is 4.79 Å². The molecule has 0 heterocycles. The lowest BCUT2D eigenvalue weighted by atomic mass is 10.1. The predicted octanol–water partition coefficient (Wildman–Crippen LogP) is 3.22. The van der Waals surface area contributed by atoms with Gasteiger partial charge in [0, 0.05) is 6.42 Å². The van der Waals surface area contributed by atoms with E-state index in [1.807, 2.05) is 30.3 Å². The van der Waals surface area contributed by atoms with E-state index >= 15 is 0 Å². The van der Waals surface area contributed by atoms with Crippen molar-refractivity contribution in [2.75, 3.05) is 6.54 Å². The molecule has 0 spiro atoms. The first-order chi connectivity index (χ1) is 14.8. The third-order valence-corrected chi connectivity index (χ3v) is 6.33. The number of carbonyl (C=O) groups excluding carboxylic acids is 1. The predicted molar refractivity (Wildman–Crippen MR) is 117 cm³/mol. The van der Waals surface area contributed by atoms with E-state index in [4.69, 9.17) is 10.3 Å². The number of carboxylic acids is 1. The molecule has 0 radical (unpaired) electrons. The molecule has 0 aliphatic carbocycles. The Labute approximate surface area is 182 Å². The van der Waals surface area contributed by atoms with Gasteiger partial charge in [0.25, 0.3) is 0 Å². The van der Waals surface area contributed by atoms with Gasteiger partial charge in [0.15, 0.2) is 11.9 Å². The van der Waals surface area contributed by atoms with Crippen molar-refractivity contribution < 1.29 is 28.7 Å². The minimum absolute atomic E-state index is 0.0422. The maximum Gasteiger partial charge on any atom is 0.355 e. The highest BCUT2D eigenvalue weighted by molar-refractivity contribution is 7.53. The van der Waals surface area contributed by atoms with Crippen LogP contribution >= 0.6 is 7.60 Å². The molecule has 8 nitrogen and oxygen atoms in total. The standard InChI is InChI=1S/C22H29N2O6P/c23-16-8-7-13-19(22(26)27)30-31(28,29)21(18-11-5-2-6-12-18)24-20(25)15-14-17-9-3-1-4-10-17/h1-6,9-12,19,21H,7-8,13-16,23H2,(H,24,25)(H,26,27)(H,28,29)/t19-,21?/m1/s1. The fraction of sp³-hybridized carbons (Fsp3) is 0.364. The molecule has 31 heavy (non-hydrogen) atoms. The maximum atomic E-state index is 13.1. The lowest BCUT2D eigenvalue weighted by molar-refractivity contribution is -0.145. The molecule has 0 aliphatic rings. The fourth-order valence-electron chi connectivity index (χ4n) is 3.05. The Morgan fingerprint density at radius 1 is 1.03 bits per heavy atom. The van der Waals surface area contributed by atoms with Crippen LogP contribution in [-0.4, -0.2) is 34.5 Å². The summed E-state index contributed by atoms with van der Waals surface area (Å²) < 4.78 is 18.3. The summed E-state index contributed by atoms with van der Waals surface area (Å²) in [6, 6.07) is 17.6. The summed E-state index contributed by atoms with van der Waals surface area (Å²) in [5, 5.41) is 12.0. The van der Waals surface area contributed by atoms with Crippen molar-refractivity contribution in [3.05, 3.63) is 71.8 Å². The summed E-state index contributed by atoms with van der Waals surface area (Å²) in [6.07, 6.45) is 0.137. The second kappa shape index (κ2) is 12.4. The molecular weight excluding hydrogens is 419 g/mol. The van der Waals surface area contributed by atoms with Gasteiger partial charge in [0.05, 0.1) is 0 Å². The first-order valence-corrected chi connectivity index (χ1v) is 11.8. The molecule has 1 amide bonds. The Bertz CT molecular complexity index is 878. The molecule has 0 bridgehead atoms. The van der Waals surface area contributed by atoms with Crippen LogP contribution in [0.2, 0.25) is 0 Å². The van der Waals surface area contributed by atoms with Crippen molar-refractivity contribution in [2.45, 2.75) is 44.0 Å². The van der Waals surface area contributed by atoms with Gasteiger partial charge in [-0.3, -0.25) is 13.9 Å². The molecule has 9 heteroatoms. The van der Waals surface area contributed by atoms with E-state index in [-0.39, 0.29) is 12.8 Å². The summed E-state index contributed by atoms with van der Waals surface area (Å²) in [5.41, 5.74) is 6.74.